The van der Waals surface area contributed by atoms with Crippen LogP contribution in [-0.2, 0) is 9.47 Å². The first kappa shape index (κ1) is 43.9. The monoisotopic (exact) mass is 656 g/mol. The van der Waals surface area contributed by atoms with Crippen LogP contribution in [0.15, 0.2) is 48.6 Å². The maximum atomic E-state index is 6.18. The summed E-state index contributed by atoms with van der Waals surface area (Å²) in [5.41, 5.74) is 0. The van der Waals surface area contributed by atoms with Crippen LogP contribution in [0, 0.1) is 5.92 Å². The fourth-order valence-corrected chi connectivity index (χ4v) is 6.37. The molecule has 0 amide bonds. The molecule has 1 rings (SSSR count). The van der Waals surface area contributed by atoms with Gasteiger partial charge < -0.3 is 14.4 Å². The number of unbranched alkanes of at least 4 members (excludes halogenated alkanes) is 18. The van der Waals surface area contributed by atoms with Gasteiger partial charge in [-0.25, -0.2) is 0 Å². The second-order valence-corrected chi connectivity index (χ2v) is 14.2. The Balaban J connectivity index is 1.96. The van der Waals surface area contributed by atoms with Crippen LogP contribution in [0.3, 0.4) is 0 Å². The van der Waals surface area contributed by atoms with Crippen LogP contribution in [-0.4, -0.2) is 51.0 Å². The number of hydrogen-bond donors (Lipinski definition) is 0. The molecular formula is C44H81NO2. The molecule has 0 aromatic rings. The van der Waals surface area contributed by atoms with Crippen molar-refractivity contribution in [2.24, 2.45) is 5.92 Å². The number of nitrogens with zero attached hydrogens (tertiary/aromatic N) is 1. The van der Waals surface area contributed by atoms with Crippen molar-refractivity contribution in [2.75, 3.05) is 46.1 Å². The van der Waals surface area contributed by atoms with Crippen LogP contribution >= 0.6 is 0 Å². The maximum Gasteiger partial charge on any atom is 0.0528 e. The van der Waals surface area contributed by atoms with Crippen molar-refractivity contribution >= 4 is 0 Å². The smallest absolute Gasteiger partial charge is 0.0528 e. The fourth-order valence-electron chi connectivity index (χ4n) is 6.37. The largest absolute Gasteiger partial charge is 0.381 e. The van der Waals surface area contributed by atoms with E-state index in [2.05, 4.69) is 67.4 Å². The second kappa shape index (κ2) is 37.7. The van der Waals surface area contributed by atoms with Crippen LogP contribution in [0.25, 0.3) is 0 Å². The zero-order chi connectivity index (χ0) is 33.6. The van der Waals surface area contributed by atoms with E-state index in [4.69, 9.17) is 9.47 Å². The van der Waals surface area contributed by atoms with Crippen molar-refractivity contribution in [1.29, 1.82) is 0 Å². The predicted molar refractivity (Wildman–Crippen MR) is 210 cm³/mol. The van der Waals surface area contributed by atoms with Gasteiger partial charge in [0.05, 0.1) is 13.2 Å². The van der Waals surface area contributed by atoms with E-state index in [1.807, 2.05) is 0 Å². The standard InChI is InChI=1S/C44H81NO2/c1-3-5-7-9-11-13-15-17-19-21-23-25-27-29-31-35-39-46-42-44(41-45-37-33-34-38-45)43-47-40-36-32-30-28-26-24-22-20-18-16-14-12-10-8-6-4-2/h11-14,17-20,44H,3-10,15-16,21-43H2,1-2H3. The van der Waals surface area contributed by atoms with Gasteiger partial charge in [-0.05, 0) is 103 Å². The molecule has 0 bridgehead atoms. The highest BCUT2D eigenvalue weighted by molar-refractivity contribution is 4.93. The molecule has 3 nitrogen and oxygen atoms in total. The molecule has 0 spiro atoms. The Labute approximate surface area is 295 Å². The minimum atomic E-state index is 0.516. The Morgan fingerprint density at radius 3 is 1.21 bits per heavy atom. The zero-order valence-electron chi connectivity index (χ0n) is 31.8. The van der Waals surface area contributed by atoms with E-state index >= 15 is 0 Å². The van der Waals surface area contributed by atoms with E-state index in [1.54, 1.807) is 0 Å². The molecule has 3 heteroatoms. The van der Waals surface area contributed by atoms with Crippen molar-refractivity contribution in [1.82, 2.24) is 4.90 Å². The second-order valence-electron chi connectivity index (χ2n) is 14.2. The molecular weight excluding hydrogens is 574 g/mol. The molecule has 0 aromatic heterocycles. The Hall–Kier alpha value is -1.16. The first-order chi connectivity index (χ1) is 23.4. The Morgan fingerprint density at radius 2 is 0.809 bits per heavy atom. The summed E-state index contributed by atoms with van der Waals surface area (Å²) >= 11 is 0. The van der Waals surface area contributed by atoms with Gasteiger partial charge in [0, 0.05) is 25.7 Å². The van der Waals surface area contributed by atoms with Gasteiger partial charge in [-0.15, -0.1) is 0 Å². The fraction of sp³-hybridized carbons (Fsp3) is 0.818. The third-order valence-electron chi connectivity index (χ3n) is 9.40. The highest BCUT2D eigenvalue weighted by Crippen LogP contribution is 2.14. The highest BCUT2D eigenvalue weighted by Gasteiger charge is 2.18. The molecule has 1 heterocycles. The molecule has 1 saturated heterocycles. The van der Waals surface area contributed by atoms with E-state index < -0.39 is 0 Å². The summed E-state index contributed by atoms with van der Waals surface area (Å²) in [6, 6.07) is 0. The van der Waals surface area contributed by atoms with E-state index in [-0.39, 0.29) is 0 Å². The topological polar surface area (TPSA) is 21.7 Å². The van der Waals surface area contributed by atoms with Gasteiger partial charge in [-0.3, -0.25) is 0 Å². The summed E-state index contributed by atoms with van der Waals surface area (Å²) in [4.78, 5) is 2.62. The van der Waals surface area contributed by atoms with Gasteiger partial charge in [0.15, 0.2) is 0 Å². The normalized spacial score (nSPS) is 15.1. The molecule has 1 aliphatic heterocycles. The van der Waals surface area contributed by atoms with Gasteiger partial charge >= 0.3 is 0 Å². The van der Waals surface area contributed by atoms with Crippen LogP contribution in [0.5, 0.6) is 0 Å². The third-order valence-corrected chi connectivity index (χ3v) is 9.40. The molecule has 0 aromatic carbocycles. The molecule has 0 aliphatic carbocycles. The van der Waals surface area contributed by atoms with Gasteiger partial charge in [0.2, 0.25) is 0 Å². The molecule has 0 N–H and O–H groups in total. The summed E-state index contributed by atoms with van der Waals surface area (Å²) in [5, 5.41) is 0. The maximum absolute atomic E-state index is 6.18. The van der Waals surface area contributed by atoms with Gasteiger partial charge in [0.1, 0.15) is 0 Å². The molecule has 0 unspecified atom stereocenters. The first-order valence-corrected chi connectivity index (χ1v) is 20.8. The average Bonchev–Trinajstić information content (AvgIpc) is 3.60. The lowest BCUT2D eigenvalue weighted by molar-refractivity contribution is 0.0247. The number of hydrogen-bond acceptors (Lipinski definition) is 3. The molecule has 0 saturated carbocycles. The highest BCUT2D eigenvalue weighted by atomic mass is 16.5. The Kier molecular flexibility index (Phi) is 35.1. The van der Waals surface area contributed by atoms with Crippen molar-refractivity contribution in [2.45, 2.75) is 181 Å². The number of allylic oxidation sites excluding steroid dienone is 8. The third kappa shape index (κ3) is 33.1. The van der Waals surface area contributed by atoms with Crippen molar-refractivity contribution in [3.05, 3.63) is 48.6 Å². The minimum Gasteiger partial charge on any atom is -0.381 e. The summed E-state index contributed by atoms with van der Waals surface area (Å²) in [5.74, 6) is 0.516. The zero-order valence-corrected chi connectivity index (χ0v) is 31.8. The quantitative estimate of drug-likeness (QED) is 0.0495. The van der Waals surface area contributed by atoms with E-state index in [0.29, 0.717) is 5.92 Å². The lowest BCUT2D eigenvalue weighted by Gasteiger charge is -2.23. The van der Waals surface area contributed by atoms with Crippen molar-refractivity contribution in [3.8, 4) is 0 Å². The van der Waals surface area contributed by atoms with Gasteiger partial charge in [0.25, 0.3) is 0 Å². The van der Waals surface area contributed by atoms with Crippen LogP contribution in [0.2, 0.25) is 0 Å². The first-order valence-electron chi connectivity index (χ1n) is 20.8. The van der Waals surface area contributed by atoms with Crippen LogP contribution < -0.4 is 0 Å². The summed E-state index contributed by atoms with van der Waals surface area (Å²) in [6.45, 7) is 11.8. The SMILES string of the molecule is CCCCCC=CCC=CCCCCCCCCOCC(COCCCCCCCCC=CCC=CCCCCC)CN1CCCC1. The van der Waals surface area contributed by atoms with E-state index in [1.165, 1.54) is 167 Å². The Bertz CT molecular complexity index is 668. The van der Waals surface area contributed by atoms with Crippen molar-refractivity contribution in [3.63, 3.8) is 0 Å². The summed E-state index contributed by atoms with van der Waals surface area (Å²) in [6.07, 6.45) is 52.6. The average molecular weight is 656 g/mol. The molecule has 274 valence electrons. The minimum absolute atomic E-state index is 0.516. The number of likely N-dealkylation sites (tertiary alicyclic amines) is 1. The van der Waals surface area contributed by atoms with E-state index in [0.717, 1.165) is 45.8 Å². The summed E-state index contributed by atoms with van der Waals surface area (Å²) < 4.78 is 12.4. The molecule has 1 aliphatic rings. The lowest BCUT2D eigenvalue weighted by atomic mass is 10.1. The molecule has 0 radical (unpaired) electrons. The van der Waals surface area contributed by atoms with Crippen LogP contribution in [0.4, 0.5) is 0 Å². The number of rotatable bonds is 36. The predicted octanol–water partition coefficient (Wildman–Crippen LogP) is 13.4. The summed E-state index contributed by atoms with van der Waals surface area (Å²) in [7, 11) is 0. The lowest BCUT2D eigenvalue weighted by Crippen LogP contribution is -2.32. The Morgan fingerprint density at radius 1 is 0.447 bits per heavy atom. The van der Waals surface area contributed by atoms with Crippen LogP contribution in [0.1, 0.15) is 181 Å². The van der Waals surface area contributed by atoms with E-state index in [9.17, 15) is 0 Å². The molecule has 47 heavy (non-hydrogen) atoms. The molecule has 1 fully saturated rings. The van der Waals surface area contributed by atoms with Gasteiger partial charge in [-0.1, -0.05) is 140 Å². The van der Waals surface area contributed by atoms with Crippen molar-refractivity contribution < 1.29 is 9.47 Å². The number of ether oxygens (including phenoxy) is 2. The molecule has 0 atom stereocenters. The van der Waals surface area contributed by atoms with Gasteiger partial charge in [-0.2, -0.15) is 0 Å².